The lowest BCUT2D eigenvalue weighted by molar-refractivity contribution is -0.384. The molecule has 0 fully saturated rings. The van der Waals surface area contributed by atoms with Crippen molar-refractivity contribution in [3.63, 3.8) is 0 Å². The third-order valence-corrected chi connectivity index (χ3v) is 6.66. The number of hydrogen-bond donors (Lipinski definition) is 0. The van der Waals surface area contributed by atoms with Gasteiger partial charge in [0.05, 0.1) is 22.2 Å². The molecule has 2 aromatic carbocycles. The van der Waals surface area contributed by atoms with Crippen LogP contribution < -0.4 is 4.74 Å². The summed E-state index contributed by atoms with van der Waals surface area (Å²) in [5.74, 6) is 0.652. The molecule has 0 saturated carbocycles. The summed E-state index contributed by atoms with van der Waals surface area (Å²) >= 11 is 7.76. The van der Waals surface area contributed by atoms with Crippen molar-refractivity contribution in [3.05, 3.63) is 87.3 Å². The summed E-state index contributed by atoms with van der Waals surface area (Å²) in [5, 5.41) is 18.3. The second kappa shape index (κ2) is 8.34. The van der Waals surface area contributed by atoms with E-state index in [9.17, 15) is 10.1 Å². The molecule has 166 valence electrons. The zero-order valence-corrected chi connectivity index (χ0v) is 19.2. The first kappa shape index (κ1) is 21.2. The quantitative estimate of drug-likeness (QED) is 0.214. The molecule has 0 bridgehead atoms. The number of halogens is 1. The number of fused-ring (bicyclic) bond motifs is 1. The minimum Gasteiger partial charge on any atom is -0.485 e. The summed E-state index contributed by atoms with van der Waals surface area (Å²) < 4.78 is 9.82. The van der Waals surface area contributed by atoms with E-state index < -0.39 is 11.0 Å². The highest BCUT2D eigenvalue weighted by Gasteiger charge is 2.20. The minimum atomic E-state index is -0.495. The molecule has 5 aromatic rings. The van der Waals surface area contributed by atoms with Gasteiger partial charge in [-0.15, -0.1) is 11.3 Å². The van der Waals surface area contributed by atoms with Crippen LogP contribution in [0.15, 0.2) is 66.6 Å². The van der Waals surface area contributed by atoms with Crippen LogP contribution in [0, 0.1) is 10.1 Å². The molecule has 0 aliphatic rings. The van der Waals surface area contributed by atoms with E-state index in [1.165, 1.54) is 17.4 Å². The van der Waals surface area contributed by atoms with Crippen LogP contribution in [-0.2, 0) is 7.05 Å². The molecule has 3 heterocycles. The highest BCUT2D eigenvalue weighted by molar-refractivity contribution is 7.12. The number of rotatable bonds is 6. The van der Waals surface area contributed by atoms with E-state index in [0.717, 1.165) is 27.2 Å². The van der Waals surface area contributed by atoms with Gasteiger partial charge in [-0.2, -0.15) is 5.10 Å². The van der Waals surface area contributed by atoms with Crippen molar-refractivity contribution in [2.45, 2.75) is 13.0 Å². The third-order valence-electron chi connectivity index (χ3n) is 5.34. The number of benzene rings is 2. The van der Waals surface area contributed by atoms with Crippen molar-refractivity contribution in [1.29, 1.82) is 0 Å². The van der Waals surface area contributed by atoms with Gasteiger partial charge in [0.15, 0.2) is 0 Å². The topological polar surface area (TPSA) is 88.0 Å². The monoisotopic (exact) mass is 479 g/mol. The Kier molecular flexibility index (Phi) is 5.35. The van der Waals surface area contributed by atoms with Crippen LogP contribution in [0.2, 0.25) is 5.02 Å². The Bertz CT molecular complexity index is 1490. The number of aromatic nitrogens is 4. The molecule has 0 N–H and O–H groups in total. The lowest BCUT2D eigenvalue weighted by atomic mass is 10.1. The van der Waals surface area contributed by atoms with E-state index in [0.29, 0.717) is 11.3 Å². The van der Waals surface area contributed by atoms with Crippen molar-refractivity contribution in [2.75, 3.05) is 0 Å². The Morgan fingerprint density at radius 2 is 2.06 bits per heavy atom. The molecule has 0 aliphatic carbocycles. The predicted octanol–water partition coefficient (Wildman–Crippen LogP) is 6.19. The summed E-state index contributed by atoms with van der Waals surface area (Å²) in [6.07, 6.45) is 5.13. The number of imidazole rings is 1. The maximum atomic E-state index is 11.2. The van der Waals surface area contributed by atoms with Gasteiger partial charge in [-0.05, 0) is 24.6 Å². The van der Waals surface area contributed by atoms with Crippen LogP contribution in [0.4, 0.5) is 5.69 Å². The number of thiophene rings is 1. The lowest BCUT2D eigenvalue weighted by Gasteiger charge is -2.15. The van der Waals surface area contributed by atoms with Gasteiger partial charge in [-0.1, -0.05) is 29.8 Å². The van der Waals surface area contributed by atoms with Gasteiger partial charge >= 0.3 is 0 Å². The van der Waals surface area contributed by atoms with Crippen LogP contribution in [0.25, 0.3) is 27.2 Å². The fourth-order valence-electron chi connectivity index (χ4n) is 3.69. The first-order valence-electron chi connectivity index (χ1n) is 10.0. The number of nitro benzene ring substituents is 1. The molecular formula is C23H18ClN5O3S. The van der Waals surface area contributed by atoms with Gasteiger partial charge in [-0.3, -0.25) is 19.4 Å². The molecule has 8 nitrogen and oxygen atoms in total. The number of nitrogens with zero attached hydrogens (tertiary/aromatic N) is 5. The highest BCUT2D eigenvalue weighted by atomic mass is 35.5. The highest BCUT2D eigenvalue weighted by Crippen LogP contribution is 2.36. The molecule has 0 radical (unpaired) electrons. The fourth-order valence-corrected chi connectivity index (χ4v) is 4.85. The van der Waals surface area contributed by atoms with Crippen LogP contribution >= 0.6 is 22.9 Å². The maximum Gasteiger partial charge on any atom is 0.288 e. The average Bonchev–Trinajstić information content (AvgIpc) is 3.52. The zero-order valence-electron chi connectivity index (χ0n) is 17.7. The van der Waals surface area contributed by atoms with Crippen molar-refractivity contribution >= 4 is 39.7 Å². The fraction of sp³-hybridized carbons (Fsp3) is 0.130. The van der Waals surface area contributed by atoms with Crippen molar-refractivity contribution in [3.8, 4) is 21.9 Å². The number of nitro groups is 1. The average molecular weight is 480 g/mol. The lowest BCUT2D eigenvalue weighted by Crippen LogP contribution is -2.04. The molecule has 10 heteroatoms. The minimum absolute atomic E-state index is 0.0930. The van der Waals surface area contributed by atoms with Crippen LogP contribution in [-0.4, -0.2) is 24.3 Å². The molecule has 1 atom stereocenters. The molecule has 33 heavy (non-hydrogen) atoms. The molecule has 0 aliphatic heterocycles. The molecule has 0 unspecified atom stereocenters. The molecule has 5 rings (SSSR count). The summed E-state index contributed by atoms with van der Waals surface area (Å²) in [5.41, 5.74) is 4.38. The van der Waals surface area contributed by atoms with E-state index in [1.54, 1.807) is 23.1 Å². The normalized spacial score (nSPS) is 12.2. The Hall–Kier alpha value is -3.69. The summed E-state index contributed by atoms with van der Waals surface area (Å²) in [7, 11) is 1.89. The molecule has 0 amide bonds. The van der Waals surface area contributed by atoms with E-state index in [1.807, 2.05) is 54.5 Å². The summed E-state index contributed by atoms with van der Waals surface area (Å²) in [6, 6.07) is 12.8. The Balaban J connectivity index is 1.40. The summed E-state index contributed by atoms with van der Waals surface area (Å²) in [4.78, 5) is 15.2. The predicted molar refractivity (Wildman–Crippen MR) is 128 cm³/mol. The molecular weight excluding hydrogens is 462 g/mol. The zero-order chi connectivity index (χ0) is 23.1. The van der Waals surface area contributed by atoms with E-state index >= 15 is 0 Å². The van der Waals surface area contributed by atoms with Gasteiger partial charge in [0, 0.05) is 41.9 Å². The summed E-state index contributed by atoms with van der Waals surface area (Å²) in [6.45, 7) is 1.81. The van der Waals surface area contributed by atoms with Crippen LogP contribution in [0.1, 0.15) is 18.6 Å². The van der Waals surface area contributed by atoms with Gasteiger partial charge in [0.1, 0.15) is 28.2 Å². The van der Waals surface area contributed by atoms with Crippen molar-refractivity contribution in [2.24, 2.45) is 7.05 Å². The Morgan fingerprint density at radius 3 is 2.82 bits per heavy atom. The molecule has 3 aromatic heterocycles. The maximum absolute atomic E-state index is 11.2. The Labute approximate surface area is 197 Å². The van der Waals surface area contributed by atoms with Crippen LogP contribution in [0.3, 0.4) is 0 Å². The number of hydrogen-bond acceptors (Lipinski definition) is 6. The van der Waals surface area contributed by atoms with E-state index in [-0.39, 0.29) is 10.7 Å². The van der Waals surface area contributed by atoms with Crippen LogP contribution in [0.5, 0.6) is 5.75 Å². The Morgan fingerprint density at radius 1 is 1.21 bits per heavy atom. The van der Waals surface area contributed by atoms with Crippen molar-refractivity contribution in [1.82, 2.24) is 19.3 Å². The third kappa shape index (κ3) is 3.96. The van der Waals surface area contributed by atoms with E-state index in [2.05, 4.69) is 16.1 Å². The second-order valence-corrected chi connectivity index (χ2v) is 8.81. The van der Waals surface area contributed by atoms with Gasteiger partial charge < -0.3 is 4.74 Å². The first-order chi connectivity index (χ1) is 15.9. The van der Waals surface area contributed by atoms with Gasteiger partial charge in [0.2, 0.25) is 0 Å². The number of aryl methyl sites for hydroxylation is 1. The van der Waals surface area contributed by atoms with Gasteiger partial charge in [-0.25, -0.2) is 4.98 Å². The molecule has 0 spiro atoms. The van der Waals surface area contributed by atoms with Gasteiger partial charge in [0.25, 0.3) is 5.69 Å². The number of ether oxygens (including phenoxy) is 1. The largest absolute Gasteiger partial charge is 0.485 e. The smallest absolute Gasteiger partial charge is 0.288 e. The van der Waals surface area contributed by atoms with Crippen molar-refractivity contribution < 1.29 is 9.66 Å². The SMILES string of the molecule is C[C@@H](Oc1csc(-n2cnc3cc(-c4cnn(C)c4)ccc32)c1)c1cccc([N+](=O)[O-])c1Cl. The molecule has 0 saturated heterocycles. The standard InChI is InChI=1S/C23H18ClN5O3S/c1-14(18-4-3-5-21(23(18)24)29(30)31)32-17-9-22(33-12-17)28-13-25-19-8-15(6-7-20(19)28)16-10-26-27(2)11-16/h3-14H,1-2H3/t14-/m1/s1. The first-order valence-corrected chi connectivity index (χ1v) is 11.3. The second-order valence-electron chi connectivity index (χ2n) is 7.54. The van der Waals surface area contributed by atoms with E-state index in [4.69, 9.17) is 16.3 Å².